The standard InChI is InChI=1S/C16H24FNOS/c1-2-18-14(8-9-15-6-4-10-19-15)12-20-16-7-3-5-13(17)11-16/h3,5,7,11,14-15,18H,2,4,6,8-10,12H2,1H3. The van der Waals surface area contributed by atoms with E-state index in [2.05, 4.69) is 12.2 Å². The van der Waals surface area contributed by atoms with Gasteiger partial charge in [0, 0.05) is 23.3 Å². The maximum atomic E-state index is 13.1. The Morgan fingerprint density at radius 2 is 2.40 bits per heavy atom. The molecule has 0 saturated carbocycles. The number of ether oxygens (including phenoxy) is 1. The topological polar surface area (TPSA) is 21.3 Å². The monoisotopic (exact) mass is 297 g/mol. The van der Waals surface area contributed by atoms with Gasteiger partial charge in [-0.2, -0.15) is 0 Å². The normalized spacial score (nSPS) is 20.2. The van der Waals surface area contributed by atoms with Gasteiger partial charge in [-0.05, 0) is 50.4 Å². The first-order valence-corrected chi connectivity index (χ1v) is 8.50. The van der Waals surface area contributed by atoms with Crippen LogP contribution in [0.5, 0.6) is 0 Å². The predicted octanol–water partition coefficient (Wildman–Crippen LogP) is 3.86. The third kappa shape index (κ3) is 5.43. The third-order valence-electron chi connectivity index (χ3n) is 3.60. The Kier molecular flexibility index (Phi) is 6.83. The molecule has 0 aliphatic carbocycles. The van der Waals surface area contributed by atoms with Gasteiger partial charge in [0.15, 0.2) is 0 Å². The molecule has 2 unspecified atom stereocenters. The Morgan fingerprint density at radius 1 is 1.50 bits per heavy atom. The fourth-order valence-electron chi connectivity index (χ4n) is 2.55. The molecule has 1 aromatic carbocycles. The van der Waals surface area contributed by atoms with E-state index in [4.69, 9.17) is 4.74 Å². The lowest BCUT2D eigenvalue weighted by Gasteiger charge is -2.19. The van der Waals surface area contributed by atoms with Gasteiger partial charge >= 0.3 is 0 Å². The molecule has 4 heteroatoms. The Hall–Kier alpha value is -0.580. The summed E-state index contributed by atoms with van der Waals surface area (Å²) < 4.78 is 18.8. The minimum absolute atomic E-state index is 0.158. The fraction of sp³-hybridized carbons (Fsp3) is 0.625. The SMILES string of the molecule is CCNC(CCC1CCCO1)CSc1cccc(F)c1. The highest BCUT2D eigenvalue weighted by Crippen LogP contribution is 2.23. The van der Waals surface area contributed by atoms with E-state index in [9.17, 15) is 4.39 Å². The van der Waals surface area contributed by atoms with Gasteiger partial charge in [-0.1, -0.05) is 13.0 Å². The van der Waals surface area contributed by atoms with Crippen molar-refractivity contribution in [1.29, 1.82) is 0 Å². The van der Waals surface area contributed by atoms with Crippen LogP contribution >= 0.6 is 11.8 Å². The summed E-state index contributed by atoms with van der Waals surface area (Å²) in [5.74, 6) is 0.818. The van der Waals surface area contributed by atoms with Crippen LogP contribution in [0, 0.1) is 5.82 Å². The van der Waals surface area contributed by atoms with E-state index in [0.717, 1.165) is 36.6 Å². The Balaban J connectivity index is 1.75. The lowest BCUT2D eigenvalue weighted by Crippen LogP contribution is -2.32. The summed E-state index contributed by atoms with van der Waals surface area (Å²) in [6.45, 7) is 4.03. The number of halogens is 1. The van der Waals surface area contributed by atoms with E-state index < -0.39 is 0 Å². The lowest BCUT2D eigenvalue weighted by molar-refractivity contribution is 0.100. The second kappa shape index (κ2) is 8.65. The fourth-order valence-corrected chi connectivity index (χ4v) is 3.59. The zero-order valence-electron chi connectivity index (χ0n) is 12.1. The first-order chi connectivity index (χ1) is 9.78. The quantitative estimate of drug-likeness (QED) is 0.736. The van der Waals surface area contributed by atoms with Crippen LogP contribution in [0.15, 0.2) is 29.2 Å². The molecule has 1 fully saturated rings. The van der Waals surface area contributed by atoms with Crippen LogP contribution in [0.2, 0.25) is 0 Å². The van der Waals surface area contributed by atoms with Crippen molar-refractivity contribution in [2.24, 2.45) is 0 Å². The van der Waals surface area contributed by atoms with E-state index in [1.807, 2.05) is 6.07 Å². The maximum Gasteiger partial charge on any atom is 0.124 e. The summed E-state index contributed by atoms with van der Waals surface area (Å²) in [4.78, 5) is 1.00. The minimum Gasteiger partial charge on any atom is -0.378 e. The second-order valence-corrected chi connectivity index (χ2v) is 6.33. The number of rotatable bonds is 8. The second-order valence-electron chi connectivity index (χ2n) is 5.24. The van der Waals surface area contributed by atoms with E-state index in [-0.39, 0.29) is 5.82 Å². The van der Waals surface area contributed by atoms with Gasteiger partial charge < -0.3 is 10.1 Å². The van der Waals surface area contributed by atoms with Crippen molar-refractivity contribution in [3.8, 4) is 0 Å². The van der Waals surface area contributed by atoms with Crippen LogP contribution in [-0.2, 0) is 4.74 Å². The number of hydrogen-bond donors (Lipinski definition) is 1. The van der Waals surface area contributed by atoms with Crippen LogP contribution in [0.3, 0.4) is 0 Å². The molecule has 112 valence electrons. The highest BCUT2D eigenvalue weighted by molar-refractivity contribution is 7.99. The van der Waals surface area contributed by atoms with Gasteiger partial charge in [-0.3, -0.25) is 0 Å². The maximum absolute atomic E-state index is 13.1. The largest absolute Gasteiger partial charge is 0.378 e. The summed E-state index contributed by atoms with van der Waals surface area (Å²) in [6.07, 6.45) is 5.11. The summed E-state index contributed by atoms with van der Waals surface area (Å²) in [6, 6.07) is 7.30. The van der Waals surface area contributed by atoms with E-state index in [1.54, 1.807) is 23.9 Å². The van der Waals surface area contributed by atoms with E-state index >= 15 is 0 Å². The highest BCUT2D eigenvalue weighted by atomic mass is 32.2. The lowest BCUT2D eigenvalue weighted by atomic mass is 10.1. The van der Waals surface area contributed by atoms with Crippen LogP contribution in [0.25, 0.3) is 0 Å². The first-order valence-electron chi connectivity index (χ1n) is 7.51. The van der Waals surface area contributed by atoms with Crippen molar-refractivity contribution in [2.75, 3.05) is 18.9 Å². The van der Waals surface area contributed by atoms with Crippen molar-refractivity contribution in [3.63, 3.8) is 0 Å². The van der Waals surface area contributed by atoms with Gasteiger partial charge in [0.05, 0.1) is 6.10 Å². The molecule has 1 N–H and O–H groups in total. The van der Waals surface area contributed by atoms with Gasteiger partial charge in [0.25, 0.3) is 0 Å². The smallest absolute Gasteiger partial charge is 0.124 e. The third-order valence-corrected chi connectivity index (χ3v) is 4.76. The van der Waals surface area contributed by atoms with Crippen LogP contribution in [0.4, 0.5) is 4.39 Å². The van der Waals surface area contributed by atoms with E-state index in [0.29, 0.717) is 12.1 Å². The molecule has 0 radical (unpaired) electrons. The number of thioether (sulfide) groups is 1. The molecule has 1 aromatic rings. The van der Waals surface area contributed by atoms with Gasteiger partial charge in [0.1, 0.15) is 5.82 Å². The Labute approximate surface area is 125 Å². The van der Waals surface area contributed by atoms with Gasteiger partial charge in [-0.25, -0.2) is 4.39 Å². The molecule has 20 heavy (non-hydrogen) atoms. The zero-order valence-corrected chi connectivity index (χ0v) is 12.9. The predicted molar refractivity (Wildman–Crippen MR) is 82.8 cm³/mol. The van der Waals surface area contributed by atoms with E-state index in [1.165, 1.54) is 18.9 Å². The van der Waals surface area contributed by atoms with Crippen molar-refractivity contribution in [3.05, 3.63) is 30.1 Å². The van der Waals surface area contributed by atoms with Crippen molar-refractivity contribution in [1.82, 2.24) is 5.32 Å². The average molecular weight is 297 g/mol. The van der Waals surface area contributed by atoms with Crippen molar-refractivity contribution >= 4 is 11.8 Å². The molecule has 1 aliphatic rings. The summed E-state index contributed by atoms with van der Waals surface area (Å²) in [5, 5.41) is 3.52. The zero-order chi connectivity index (χ0) is 14.2. The average Bonchev–Trinajstić information content (AvgIpc) is 2.95. The molecular formula is C16H24FNOS. The van der Waals surface area contributed by atoms with Gasteiger partial charge in [-0.15, -0.1) is 11.8 Å². The number of benzene rings is 1. The molecule has 0 bridgehead atoms. The summed E-state index contributed by atoms with van der Waals surface area (Å²) >= 11 is 1.72. The molecule has 2 nitrogen and oxygen atoms in total. The van der Waals surface area contributed by atoms with Crippen LogP contribution in [0.1, 0.15) is 32.6 Å². The number of nitrogens with one attached hydrogen (secondary N) is 1. The first kappa shape index (κ1) is 15.8. The summed E-state index contributed by atoms with van der Waals surface area (Å²) in [7, 11) is 0. The number of hydrogen-bond acceptors (Lipinski definition) is 3. The molecule has 0 aromatic heterocycles. The van der Waals surface area contributed by atoms with Crippen molar-refractivity contribution < 1.29 is 9.13 Å². The molecule has 0 spiro atoms. The van der Waals surface area contributed by atoms with Gasteiger partial charge in [0.2, 0.25) is 0 Å². The Bertz CT molecular complexity index is 396. The molecule has 2 atom stereocenters. The van der Waals surface area contributed by atoms with Crippen LogP contribution < -0.4 is 5.32 Å². The minimum atomic E-state index is -0.158. The summed E-state index contributed by atoms with van der Waals surface area (Å²) in [5.41, 5.74) is 0. The molecule has 2 rings (SSSR count). The molecule has 1 saturated heterocycles. The highest BCUT2D eigenvalue weighted by Gasteiger charge is 2.17. The molecule has 1 heterocycles. The molecule has 0 amide bonds. The van der Waals surface area contributed by atoms with Crippen molar-refractivity contribution in [2.45, 2.75) is 49.6 Å². The Morgan fingerprint density at radius 3 is 3.10 bits per heavy atom. The molecular weight excluding hydrogens is 273 g/mol. The van der Waals surface area contributed by atoms with Crippen LogP contribution in [-0.4, -0.2) is 31.1 Å². The molecule has 1 aliphatic heterocycles.